The predicted molar refractivity (Wildman–Crippen MR) is 296 cm³/mol. The zero-order valence-corrected chi connectivity index (χ0v) is 45.5. The fraction of sp³-hybridized carbons (Fsp3) is 0.839. The Bertz CT molecular complexity index is 1160. The molecule has 0 radical (unpaired) electrons. The quantitative estimate of drug-likeness (QED) is 0.0321. The molecule has 0 rings (SSSR count). The molecule has 398 valence electrons. The molecule has 0 aliphatic rings. The molecule has 0 aromatic heterocycles. The monoisotopic (exact) mass is 954 g/mol. The van der Waals surface area contributed by atoms with Crippen LogP contribution in [0.15, 0.2) is 48.6 Å². The van der Waals surface area contributed by atoms with Crippen molar-refractivity contribution in [3.8, 4) is 0 Å². The summed E-state index contributed by atoms with van der Waals surface area (Å²) in [6.45, 7) is 6.47. The summed E-state index contributed by atoms with van der Waals surface area (Å²) in [5, 5.41) is 23.9. The van der Waals surface area contributed by atoms with Crippen molar-refractivity contribution in [2.45, 2.75) is 328 Å². The largest absolute Gasteiger partial charge is 0.462 e. The van der Waals surface area contributed by atoms with Crippen LogP contribution in [-0.2, 0) is 14.3 Å². The van der Waals surface area contributed by atoms with Crippen molar-refractivity contribution in [1.29, 1.82) is 0 Å². The van der Waals surface area contributed by atoms with Crippen LogP contribution in [0.5, 0.6) is 0 Å². The highest BCUT2D eigenvalue weighted by atomic mass is 16.5. The molecule has 0 bridgehead atoms. The van der Waals surface area contributed by atoms with Crippen molar-refractivity contribution < 1.29 is 24.5 Å². The summed E-state index contributed by atoms with van der Waals surface area (Å²) in [5.41, 5.74) is 0. The first-order valence-corrected chi connectivity index (χ1v) is 29.9. The van der Waals surface area contributed by atoms with E-state index in [9.17, 15) is 19.8 Å². The predicted octanol–water partition coefficient (Wildman–Crippen LogP) is 18.6. The lowest BCUT2D eigenvalue weighted by Crippen LogP contribution is -2.46. The van der Waals surface area contributed by atoms with Crippen LogP contribution < -0.4 is 5.32 Å². The van der Waals surface area contributed by atoms with E-state index in [0.29, 0.717) is 19.3 Å². The van der Waals surface area contributed by atoms with Crippen molar-refractivity contribution >= 4 is 11.9 Å². The van der Waals surface area contributed by atoms with Crippen LogP contribution in [0.4, 0.5) is 0 Å². The zero-order valence-electron chi connectivity index (χ0n) is 45.5. The van der Waals surface area contributed by atoms with Crippen molar-refractivity contribution in [2.75, 3.05) is 6.61 Å². The maximum absolute atomic E-state index is 13.3. The first-order chi connectivity index (χ1) is 33.5. The fourth-order valence-corrected chi connectivity index (χ4v) is 9.21. The number of carbonyl (C=O) groups excluding carboxylic acids is 2. The Morgan fingerprint density at radius 3 is 1.16 bits per heavy atom. The number of ether oxygens (including phenoxy) is 1. The molecule has 3 N–H and O–H groups in total. The smallest absolute Gasteiger partial charge is 0.306 e. The second kappa shape index (κ2) is 55.7. The average Bonchev–Trinajstić information content (AvgIpc) is 3.33. The van der Waals surface area contributed by atoms with Gasteiger partial charge in [-0.15, -0.1) is 0 Å². The van der Waals surface area contributed by atoms with Crippen LogP contribution in [0.25, 0.3) is 0 Å². The van der Waals surface area contributed by atoms with Crippen LogP contribution in [0.2, 0.25) is 0 Å². The number of hydrogen-bond acceptors (Lipinski definition) is 5. The van der Waals surface area contributed by atoms with E-state index < -0.39 is 18.2 Å². The summed E-state index contributed by atoms with van der Waals surface area (Å²) in [4.78, 5) is 26.3. The SMILES string of the molecule is CCCCC/C=C/C=C/C=C/C=C/CCCCCC(CC(=O)NC(CO)C(O)CCCCCCCCCCCCCCCC)OC(=O)CCCCCCCCCCCCCCCCCCCCC. The van der Waals surface area contributed by atoms with E-state index in [0.717, 1.165) is 70.6 Å². The van der Waals surface area contributed by atoms with Crippen molar-refractivity contribution in [3.05, 3.63) is 48.6 Å². The lowest BCUT2D eigenvalue weighted by molar-refractivity contribution is -0.151. The van der Waals surface area contributed by atoms with E-state index in [1.807, 2.05) is 0 Å². The Kier molecular flexibility index (Phi) is 54.0. The van der Waals surface area contributed by atoms with E-state index in [2.05, 4.69) is 74.7 Å². The molecule has 0 aromatic carbocycles. The first-order valence-electron chi connectivity index (χ1n) is 29.9. The highest BCUT2D eigenvalue weighted by Gasteiger charge is 2.24. The van der Waals surface area contributed by atoms with Crippen molar-refractivity contribution in [1.82, 2.24) is 5.32 Å². The maximum atomic E-state index is 13.3. The van der Waals surface area contributed by atoms with Gasteiger partial charge in [0.25, 0.3) is 0 Å². The Hall–Kier alpha value is -2.18. The number of rotatable bonds is 54. The molecule has 3 atom stereocenters. The normalized spacial score (nSPS) is 13.4. The third-order valence-corrected chi connectivity index (χ3v) is 13.8. The van der Waals surface area contributed by atoms with Crippen LogP contribution in [0, 0.1) is 0 Å². The third kappa shape index (κ3) is 50.2. The highest BCUT2D eigenvalue weighted by Crippen LogP contribution is 2.19. The van der Waals surface area contributed by atoms with E-state index in [4.69, 9.17) is 4.74 Å². The molecule has 3 unspecified atom stereocenters. The van der Waals surface area contributed by atoms with Gasteiger partial charge in [-0.1, -0.05) is 294 Å². The molecule has 0 spiro atoms. The fourth-order valence-electron chi connectivity index (χ4n) is 9.21. The molecule has 0 saturated carbocycles. The van der Waals surface area contributed by atoms with Gasteiger partial charge in [0.15, 0.2) is 0 Å². The minimum absolute atomic E-state index is 0.0547. The number of allylic oxidation sites excluding steroid dienone is 8. The summed E-state index contributed by atoms with van der Waals surface area (Å²) >= 11 is 0. The van der Waals surface area contributed by atoms with Gasteiger partial charge < -0.3 is 20.3 Å². The van der Waals surface area contributed by atoms with Gasteiger partial charge >= 0.3 is 5.97 Å². The van der Waals surface area contributed by atoms with Gasteiger partial charge in [-0.25, -0.2) is 0 Å². The van der Waals surface area contributed by atoms with E-state index >= 15 is 0 Å². The molecule has 0 fully saturated rings. The molecule has 0 saturated heterocycles. The molecular weight excluding hydrogens is 839 g/mol. The maximum Gasteiger partial charge on any atom is 0.306 e. The molecule has 0 aliphatic heterocycles. The van der Waals surface area contributed by atoms with Gasteiger partial charge in [-0.3, -0.25) is 9.59 Å². The van der Waals surface area contributed by atoms with Gasteiger partial charge in [0.2, 0.25) is 5.91 Å². The minimum Gasteiger partial charge on any atom is -0.462 e. The number of carbonyl (C=O) groups is 2. The topological polar surface area (TPSA) is 95.9 Å². The van der Waals surface area contributed by atoms with Crippen LogP contribution >= 0.6 is 0 Å². The van der Waals surface area contributed by atoms with Crippen molar-refractivity contribution in [2.24, 2.45) is 0 Å². The zero-order chi connectivity index (χ0) is 49.5. The van der Waals surface area contributed by atoms with E-state index in [-0.39, 0.29) is 24.9 Å². The summed E-state index contributed by atoms with van der Waals surface area (Å²) in [7, 11) is 0. The van der Waals surface area contributed by atoms with Gasteiger partial charge in [0, 0.05) is 6.42 Å². The van der Waals surface area contributed by atoms with E-state index in [1.165, 1.54) is 193 Å². The summed E-state index contributed by atoms with van der Waals surface area (Å²) in [6, 6.07) is -0.714. The number of amides is 1. The lowest BCUT2D eigenvalue weighted by atomic mass is 10.0. The van der Waals surface area contributed by atoms with Crippen LogP contribution in [0.3, 0.4) is 0 Å². The first kappa shape index (κ1) is 65.8. The summed E-state index contributed by atoms with van der Waals surface area (Å²) in [6.07, 6.45) is 68.9. The van der Waals surface area contributed by atoms with E-state index in [1.54, 1.807) is 0 Å². The average molecular weight is 955 g/mol. The van der Waals surface area contributed by atoms with Gasteiger partial charge in [-0.05, 0) is 51.4 Å². The Labute approximate surface area is 423 Å². The second-order valence-corrected chi connectivity index (χ2v) is 20.5. The number of unbranched alkanes of at least 4 members (excludes halogenated alkanes) is 37. The molecule has 68 heavy (non-hydrogen) atoms. The van der Waals surface area contributed by atoms with Crippen molar-refractivity contribution in [3.63, 3.8) is 0 Å². The Morgan fingerprint density at radius 1 is 0.426 bits per heavy atom. The lowest BCUT2D eigenvalue weighted by Gasteiger charge is -2.24. The number of hydrogen-bond donors (Lipinski definition) is 3. The number of esters is 1. The molecule has 1 amide bonds. The van der Waals surface area contributed by atoms with Gasteiger partial charge in [0.1, 0.15) is 6.10 Å². The summed E-state index contributed by atoms with van der Waals surface area (Å²) in [5.74, 6) is -0.497. The highest BCUT2D eigenvalue weighted by molar-refractivity contribution is 5.77. The third-order valence-electron chi connectivity index (χ3n) is 13.8. The summed E-state index contributed by atoms with van der Waals surface area (Å²) < 4.78 is 5.96. The molecule has 6 heteroatoms. The van der Waals surface area contributed by atoms with Gasteiger partial charge in [0.05, 0.1) is 25.2 Å². The number of aliphatic hydroxyl groups is 2. The second-order valence-electron chi connectivity index (χ2n) is 20.5. The number of nitrogens with one attached hydrogen (secondary N) is 1. The number of aliphatic hydroxyl groups excluding tert-OH is 2. The molecular formula is C62H115NO5. The van der Waals surface area contributed by atoms with Crippen LogP contribution in [-0.4, -0.2) is 46.9 Å². The Balaban J connectivity index is 4.58. The molecule has 6 nitrogen and oxygen atoms in total. The molecule has 0 aliphatic carbocycles. The minimum atomic E-state index is -0.798. The van der Waals surface area contributed by atoms with Gasteiger partial charge in [-0.2, -0.15) is 0 Å². The molecule has 0 aromatic rings. The standard InChI is InChI=1S/C62H115NO5/c1-4-7-10-13-16-19-22-25-28-30-31-32-34-37-40-43-46-49-52-55-62(67)68-58(53-50-47-44-41-38-35-33-29-26-23-20-17-14-11-8-5-2)56-61(66)63-59(57-64)60(65)54-51-48-45-42-39-36-27-24-21-18-15-12-9-6-3/h17,20,23,26,29,33,35,38,58-60,64-65H,4-16,18-19,21-22,24-25,27-28,30-32,34,36-37,39-57H2,1-3H3,(H,63,66)/b20-17+,26-23+,33-29+,38-35+. The molecule has 0 heterocycles. The Morgan fingerprint density at radius 2 is 0.750 bits per heavy atom. The van der Waals surface area contributed by atoms with Crippen LogP contribution in [0.1, 0.15) is 310 Å².